The molecule has 0 saturated carbocycles. The van der Waals surface area contributed by atoms with E-state index in [0.29, 0.717) is 19.2 Å². The molecule has 0 radical (unpaired) electrons. The van der Waals surface area contributed by atoms with Gasteiger partial charge in [0.05, 0.1) is 6.10 Å². The summed E-state index contributed by atoms with van der Waals surface area (Å²) in [6.45, 7) is 5.04. The van der Waals surface area contributed by atoms with E-state index in [1.165, 1.54) is 0 Å². The second kappa shape index (κ2) is 5.92. The van der Waals surface area contributed by atoms with E-state index in [4.69, 9.17) is 4.74 Å². The molecule has 1 saturated heterocycles. The minimum absolute atomic E-state index is 0.0310. The molecule has 0 bridgehead atoms. The van der Waals surface area contributed by atoms with Gasteiger partial charge in [-0.05, 0) is 26.0 Å². The van der Waals surface area contributed by atoms with Crippen molar-refractivity contribution >= 4 is 0 Å². The molecule has 0 aromatic heterocycles. The topological polar surface area (TPSA) is 21.3 Å². The third-order valence-corrected chi connectivity index (χ3v) is 3.66. The number of nitrogens with one attached hydrogen (secondary N) is 1. The van der Waals surface area contributed by atoms with Crippen molar-refractivity contribution in [2.24, 2.45) is 5.92 Å². The number of rotatable bonds is 4. The minimum atomic E-state index is -1.16. The first-order valence-electron chi connectivity index (χ1n) is 6.54. The summed E-state index contributed by atoms with van der Waals surface area (Å²) in [5, 5.41) is 3.15. The highest BCUT2D eigenvalue weighted by molar-refractivity contribution is 5.24. The summed E-state index contributed by atoms with van der Waals surface area (Å²) in [6.07, 6.45) is 0.744. The third kappa shape index (κ3) is 2.92. The Labute approximate surface area is 111 Å². The Hall–Kier alpha value is -1.07. The third-order valence-electron chi connectivity index (χ3n) is 3.66. The van der Waals surface area contributed by atoms with Crippen molar-refractivity contribution in [2.45, 2.75) is 32.4 Å². The van der Waals surface area contributed by atoms with Crippen molar-refractivity contribution in [2.75, 3.05) is 13.2 Å². The summed E-state index contributed by atoms with van der Waals surface area (Å²) in [5.74, 6) is -2.85. The first-order chi connectivity index (χ1) is 9.04. The van der Waals surface area contributed by atoms with Crippen LogP contribution in [-0.4, -0.2) is 19.3 Å². The Morgan fingerprint density at radius 2 is 1.95 bits per heavy atom. The van der Waals surface area contributed by atoms with Crippen LogP contribution < -0.4 is 5.32 Å². The standard InChI is InChI=1S/C14H18F3NO/c1-3-18-14(9-4-5-19-8(9)2)10-6-12(16)13(17)7-11(10)15/h6-9,14,18H,3-5H2,1-2H3. The van der Waals surface area contributed by atoms with Gasteiger partial charge in [0, 0.05) is 30.2 Å². The van der Waals surface area contributed by atoms with Crippen molar-refractivity contribution in [3.8, 4) is 0 Å². The van der Waals surface area contributed by atoms with E-state index in [1.54, 1.807) is 0 Å². The highest BCUT2D eigenvalue weighted by atomic mass is 19.2. The van der Waals surface area contributed by atoms with Gasteiger partial charge in [0.2, 0.25) is 0 Å². The van der Waals surface area contributed by atoms with Gasteiger partial charge in [-0.3, -0.25) is 0 Å². The molecule has 2 rings (SSSR count). The maximum Gasteiger partial charge on any atom is 0.161 e. The average molecular weight is 273 g/mol. The zero-order chi connectivity index (χ0) is 14.0. The van der Waals surface area contributed by atoms with Crippen molar-refractivity contribution in [1.82, 2.24) is 5.32 Å². The molecule has 106 valence electrons. The molecule has 1 aromatic rings. The number of ether oxygens (including phenoxy) is 1. The SMILES string of the molecule is CCNC(c1cc(F)c(F)cc1F)C1CCOC1C. The second-order valence-corrected chi connectivity index (χ2v) is 4.85. The molecule has 0 spiro atoms. The molecule has 3 unspecified atom stereocenters. The number of hydrogen-bond acceptors (Lipinski definition) is 2. The van der Waals surface area contributed by atoms with E-state index < -0.39 is 17.5 Å². The fraction of sp³-hybridized carbons (Fsp3) is 0.571. The molecule has 0 amide bonds. The Morgan fingerprint density at radius 1 is 1.26 bits per heavy atom. The fourth-order valence-electron chi connectivity index (χ4n) is 2.67. The summed E-state index contributed by atoms with van der Waals surface area (Å²) in [5.41, 5.74) is 0.170. The largest absolute Gasteiger partial charge is 0.378 e. The number of halogens is 3. The molecule has 1 heterocycles. The lowest BCUT2D eigenvalue weighted by Gasteiger charge is -2.27. The van der Waals surface area contributed by atoms with Gasteiger partial charge >= 0.3 is 0 Å². The lowest BCUT2D eigenvalue weighted by molar-refractivity contribution is 0.0951. The Balaban J connectivity index is 2.35. The Morgan fingerprint density at radius 3 is 2.53 bits per heavy atom. The molecule has 1 fully saturated rings. The molecule has 1 aromatic carbocycles. The van der Waals surface area contributed by atoms with Gasteiger partial charge in [0.25, 0.3) is 0 Å². The average Bonchev–Trinajstić information content (AvgIpc) is 2.77. The van der Waals surface area contributed by atoms with Crippen LogP contribution in [0.3, 0.4) is 0 Å². The molecule has 3 atom stereocenters. The maximum absolute atomic E-state index is 13.9. The molecule has 5 heteroatoms. The number of benzene rings is 1. The van der Waals surface area contributed by atoms with Gasteiger partial charge in [-0.2, -0.15) is 0 Å². The minimum Gasteiger partial charge on any atom is -0.378 e. The van der Waals surface area contributed by atoms with Gasteiger partial charge in [-0.1, -0.05) is 6.92 Å². The number of hydrogen-bond donors (Lipinski definition) is 1. The predicted octanol–water partition coefficient (Wildman–Crippen LogP) is 3.18. The molecule has 19 heavy (non-hydrogen) atoms. The summed E-state index contributed by atoms with van der Waals surface area (Å²) >= 11 is 0. The zero-order valence-corrected chi connectivity index (χ0v) is 11.1. The molecule has 1 aliphatic heterocycles. The van der Waals surface area contributed by atoms with Gasteiger partial charge in [0.15, 0.2) is 11.6 Å². The van der Waals surface area contributed by atoms with Crippen molar-refractivity contribution in [1.29, 1.82) is 0 Å². The molecular weight excluding hydrogens is 255 g/mol. The van der Waals surface area contributed by atoms with Crippen molar-refractivity contribution in [3.05, 3.63) is 35.1 Å². The normalized spacial score (nSPS) is 24.7. The molecule has 1 N–H and O–H groups in total. The van der Waals surface area contributed by atoms with Gasteiger partial charge in [-0.25, -0.2) is 13.2 Å². The fourth-order valence-corrected chi connectivity index (χ4v) is 2.67. The summed E-state index contributed by atoms with van der Waals surface area (Å²) in [4.78, 5) is 0. The maximum atomic E-state index is 13.9. The first-order valence-corrected chi connectivity index (χ1v) is 6.54. The Kier molecular flexibility index (Phi) is 4.47. The van der Waals surface area contributed by atoms with E-state index in [-0.39, 0.29) is 23.6 Å². The van der Waals surface area contributed by atoms with Crippen LogP contribution >= 0.6 is 0 Å². The van der Waals surface area contributed by atoms with Crippen molar-refractivity contribution in [3.63, 3.8) is 0 Å². The molecule has 2 nitrogen and oxygen atoms in total. The quantitative estimate of drug-likeness (QED) is 0.851. The highest BCUT2D eigenvalue weighted by Gasteiger charge is 2.34. The summed E-state index contributed by atoms with van der Waals surface area (Å²) in [7, 11) is 0. The van der Waals surface area contributed by atoms with Crippen LogP contribution in [0, 0.1) is 23.4 Å². The van der Waals surface area contributed by atoms with Crippen LogP contribution in [-0.2, 0) is 4.74 Å². The molecule has 0 aliphatic carbocycles. The van der Waals surface area contributed by atoms with Crippen molar-refractivity contribution < 1.29 is 17.9 Å². The van der Waals surface area contributed by atoms with Gasteiger partial charge in [-0.15, -0.1) is 0 Å². The van der Waals surface area contributed by atoms with E-state index in [2.05, 4.69) is 5.32 Å². The zero-order valence-electron chi connectivity index (χ0n) is 11.1. The summed E-state index contributed by atoms with van der Waals surface area (Å²) < 4.78 is 45.7. The molecule has 1 aliphatic rings. The predicted molar refractivity (Wildman–Crippen MR) is 66.3 cm³/mol. The lowest BCUT2D eigenvalue weighted by atomic mass is 9.88. The van der Waals surface area contributed by atoms with Crippen LogP contribution in [0.5, 0.6) is 0 Å². The smallest absolute Gasteiger partial charge is 0.161 e. The van der Waals surface area contributed by atoms with E-state index in [0.717, 1.165) is 12.5 Å². The van der Waals surface area contributed by atoms with E-state index >= 15 is 0 Å². The van der Waals surface area contributed by atoms with Gasteiger partial charge in [0.1, 0.15) is 5.82 Å². The van der Waals surface area contributed by atoms with Gasteiger partial charge < -0.3 is 10.1 Å². The summed E-state index contributed by atoms with van der Waals surface area (Å²) in [6, 6.07) is 1.19. The van der Waals surface area contributed by atoms with Crippen LogP contribution in [0.2, 0.25) is 0 Å². The second-order valence-electron chi connectivity index (χ2n) is 4.85. The molecular formula is C14H18F3NO. The lowest BCUT2D eigenvalue weighted by Crippen LogP contribution is -2.32. The van der Waals surface area contributed by atoms with E-state index in [1.807, 2.05) is 13.8 Å². The highest BCUT2D eigenvalue weighted by Crippen LogP contribution is 2.35. The van der Waals surface area contributed by atoms with Crippen LogP contribution in [0.25, 0.3) is 0 Å². The van der Waals surface area contributed by atoms with Crippen LogP contribution in [0.15, 0.2) is 12.1 Å². The van der Waals surface area contributed by atoms with Crippen LogP contribution in [0.1, 0.15) is 31.9 Å². The monoisotopic (exact) mass is 273 g/mol. The van der Waals surface area contributed by atoms with E-state index in [9.17, 15) is 13.2 Å². The van der Waals surface area contributed by atoms with Crippen LogP contribution in [0.4, 0.5) is 13.2 Å². The Bertz CT molecular complexity index is 453. The first kappa shape index (κ1) is 14.3.